The van der Waals surface area contributed by atoms with Gasteiger partial charge in [0.05, 0.1) is 16.1 Å². The zero-order chi connectivity index (χ0) is 44.6. The molecule has 6 rings (SSSR count). The predicted molar refractivity (Wildman–Crippen MR) is 305 cm³/mol. The fourth-order valence-electron chi connectivity index (χ4n) is 9.94. The second kappa shape index (κ2) is 23.6. The zero-order valence-electron chi connectivity index (χ0n) is 40.5. The fourth-order valence-corrected chi connectivity index (χ4v) is 24.1. The van der Waals surface area contributed by atoms with E-state index in [0.717, 1.165) is 0 Å². The molecule has 0 spiro atoms. The first-order valence-corrected chi connectivity index (χ1v) is 37.1. The SMILES string of the molecule is CCCCCCCc1c(CCCCCCC)c2sc([Si](C)(C)C)c(Br)c2c2c(-c3csc4c(CCCCCCC)c(CCCCCCC)c5sc([Si](C)(C)C)c(Br)c5c34)csc12. The van der Waals surface area contributed by atoms with Gasteiger partial charge in [0.25, 0.3) is 0 Å². The number of halogens is 2. The number of hydrogen-bond acceptors (Lipinski definition) is 4. The van der Waals surface area contributed by atoms with Crippen LogP contribution < -0.4 is 9.00 Å². The van der Waals surface area contributed by atoms with Gasteiger partial charge in [-0.2, -0.15) is 0 Å². The molecule has 0 amide bonds. The third kappa shape index (κ3) is 11.5. The van der Waals surface area contributed by atoms with Gasteiger partial charge >= 0.3 is 0 Å². The molecule has 0 aliphatic heterocycles. The molecule has 0 unspecified atom stereocenters. The Morgan fingerprint density at radius 3 is 0.919 bits per heavy atom. The first-order valence-electron chi connectivity index (χ1n) is 25.1. The molecule has 0 fully saturated rings. The number of rotatable bonds is 27. The van der Waals surface area contributed by atoms with E-state index in [1.54, 1.807) is 71.6 Å². The second-order valence-electron chi connectivity index (χ2n) is 20.7. The van der Waals surface area contributed by atoms with Crippen LogP contribution in [0.15, 0.2) is 19.7 Å². The molecule has 6 aromatic rings. The van der Waals surface area contributed by atoms with Crippen LogP contribution in [-0.4, -0.2) is 16.1 Å². The Balaban J connectivity index is 1.65. The molecule has 0 bridgehead atoms. The average Bonchev–Trinajstić information content (AvgIpc) is 4.01. The topological polar surface area (TPSA) is 0 Å². The summed E-state index contributed by atoms with van der Waals surface area (Å²) in [6, 6.07) is 0. The van der Waals surface area contributed by atoms with Crippen molar-refractivity contribution in [1.82, 2.24) is 0 Å². The van der Waals surface area contributed by atoms with Gasteiger partial charge < -0.3 is 0 Å². The summed E-state index contributed by atoms with van der Waals surface area (Å²) >= 11 is 17.4. The molecule has 0 N–H and O–H groups in total. The first kappa shape index (κ1) is 51.1. The Bertz CT molecular complexity index is 2210. The Morgan fingerprint density at radius 2 is 0.645 bits per heavy atom. The van der Waals surface area contributed by atoms with Crippen molar-refractivity contribution in [2.45, 2.75) is 221 Å². The van der Waals surface area contributed by atoms with E-state index in [4.69, 9.17) is 0 Å². The van der Waals surface area contributed by atoms with Gasteiger partial charge in [-0.1, -0.05) is 170 Å². The summed E-state index contributed by atoms with van der Waals surface area (Å²) in [5, 5.41) is 11.4. The second-order valence-corrected chi connectivity index (χ2v) is 36.8. The smallest absolute Gasteiger partial charge is 0.0919 e. The standard InChI is InChI=1S/C54H80Br2S4Si2/c1-11-15-19-23-27-31-37-39(33-29-25-21-17-13-3)51-45(47(55)53(59-51)61(5,6)7)43-41(35-57-49(37)43)42-36-58-50-38(32-28-24-20-16-12-2)40(34-30-26-22-18-14-4)52-46(44(42)50)48(56)54(60-52)62(8,9)10/h35-36H,11-34H2,1-10H3. The Morgan fingerprint density at radius 1 is 0.371 bits per heavy atom. The van der Waals surface area contributed by atoms with Crippen LogP contribution in [0.2, 0.25) is 39.3 Å². The molecule has 0 radical (unpaired) electrons. The average molecular weight is 1070 g/mol. The van der Waals surface area contributed by atoms with Gasteiger partial charge in [0.1, 0.15) is 0 Å². The van der Waals surface area contributed by atoms with Crippen molar-refractivity contribution >= 4 is 143 Å². The summed E-state index contributed by atoms with van der Waals surface area (Å²) in [5.41, 5.74) is 9.81. The van der Waals surface area contributed by atoms with E-state index in [0.29, 0.717) is 0 Å². The fraction of sp³-hybridized carbons (Fsp3) is 0.630. The van der Waals surface area contributed by atoms with Crippen LogP contribution in [0.25, 0.3) is 51.5 Å². The summed E-state index contributed by atoms with van der Waals surface area (Å²) in [6.45, 7) is 24.8. The van der Waals surface area contributed by atoms with Crippen molar-refractivity contribution in [2.24, 2.45) is 0 Å². The summed E-state index contributed by atoms with van der Waals surface area (Å²) in [4.78, 5) is 0. The predicted octanol–water partition coefficient (Wildman–Crippen LogP) is 20.9. The van der Waals surface area contributed by atoms with Crippen molar-refractivity contribution in [3.05, 3.63) is 42.0 Å². The lowest BCUT2D eigenvalue weighted by Crippen LogP contribution is -2.35. The van der Waals surface area contributed by atoms with Gasteiger partial charge in [0.2, 0.25) is 0 Å². The molecular formula is C54H80Br2S4Si2. The van der Waals surface area contributed by atoms with Gasteiger partial charge in [-0.15, -0.1) is 45.3 Å². The number of aryl methyl sites for hydroxylation is 4. The first-order chi connectivity index (χ1) is 29.8. The minimum atomic E-state index is -1.62. The van der Waals surface area contributed by atoms with E-state index < -0.39 is 16.1 Å². The molecule has 8 heteroatoms. The molecule has 4 aromatic heterocycles. The minimum absolute atomic E-state index is 1.21. The monoisotopic (exact) mass is 1070 g/mol. The quantitative estimate of drug-likeness (QED) is 0.0356. The minimum Gasteiger partial charge on any atom is -0.143 e. The van der Waals surface area contributed by atoms with Crippen LogP contribution in [0, 0.1) is 0 Å². The van der Waals surface area contributed by atoms with E-state index in [1.165, 1.54) is 174 Å². The maximum absolute atomic E-state index is 4.42. The lowest BCUT2D eigenvalue weighted by atomic mass is 9.89. The summed E-state index contributed by atoms with van der Waals surface area (Å²) in [6.07, 6.45) is 31.6. The van der Waals surface area contributed by atoms with Gasteiger partial charge in [-0.25, -0.2) is 0 Å². The van der Waals surface area contributed by atoms with Gasteiger partial charge in [0, 0.05) is 69.4 Å². The highest BCUT2D eigenvalue weighted by atomic mass is 79.9. The van der Waals surface area contributed by atoms with Crippen LogP contribution >= 0.6 is 77.2 Å². The summed E-state index contributed by atoms with van der Waals surface area (Å²) in [5.74, 6) is 0. The molecular weight excluding hydrogens is 993 g/mol. The molecule has 0 saturated carbocycles. The van der Waals surface area contributed by atoms with Crippen molar-refractivity contribution in [3.63, 3.8) is 0 Å². The molecule has 342 valence electrons. The largest absolute Gasteiger partial charge is 0.143 e. The van der Waals surface area contributed by atoms with Gasteiger partial charge in [0.15, 0.2) is 0 Å². The normalized spacial score (nSPS) is 12.8. The van der Waals surface area contributed by atoms with Crippen LogP contribution in [0.4, 0.5) is 0 Å². The molecule has 4 heterocycles. The highest BCUT2D eigenvalue weighted by Gasteiger charge is 2.32. The molecule has 0 aliphatic rings. The summed E-state index contributed by atoms with van der Waals surface area (Å²) in [7, 11) is -3.24. The van der Waals surface area contributed by atoms with Crippen molar-refractivity contribution in [3.8, 4) is 11.1 Å². The molecule has 62 heavy (non-hydrogen) atoms. The number of fused-ring (bicyclic) bond motifs is 6. The molecule has 0 saturated heterocycles. The lowest BCUT2D eigenvalue weighted by Gasteiger charge is -2.16. The number of benzene rings is 2. The molecule has 2 aromatic carbocycles. The van der Waals surface area contributed by atoms with Crippen molar-refractivity contribution in [1.29, 1.82) is 0 Å². The molecule has 0 nitrogen and oxygen atoms in total. The Labute approximate surface area is 413 Å². The number of hydrogen-bond donors (Lipinski definition) is 0. The summed E-state index contributed by atoms with van der Waals surface area (Å²) < 4.78 is 12.5. The Hall–Kier alpha value is -0.326. The molecule has 0 aliphatic carbocycles. The van der Waals surface area contributed by atoms with Gasteiger partial charge in [-0.3, -0.25) is 0 Å². The number of thiophene rings is 4. The van der Waals surface area contributed by atoms with Crippen LogP contribution in [-0.2, 0) is 25.7 Å². The zero-order valence-corrected chi connectivity index (χ0v) is 49.0. The van der Waals surface area contributed by atoms with Crippen LogP contribution in [0.3, 0.4) is 0 Å². The maximum Gasteiger partial charge on any atom is 0.0919 e. The van der Waals surface area contributed by atoms with Crippen molar-refractivity contribution in [2.75, 3.05) is 0 Å². The maximum atomic E-state index is 4.42. The number of unbranched alkanes of at least 4 members (excludes halogenated alkanes) is 16. The molecule has 0 atom stereocenters. The third-order valence-electron chi connectivity index (χ3n) is 13.4. The third-order valence-corrected chi connectivity index (χ3v) is 27.9. The highest BCUT2D eigenvalue weighted by molar-refractivity contribution is 9.11. The van der Waals surface area contributed by atoms with Gasteiger partial charge in [-0.05, 0) is 116 Å². The van der Waals surface area contributed by atoms with Crippen LogP contribution in [0.5, 0.6) is 0 Å². The van der Waals surface area contributed by atoms with E-state index in [9.17, 15) is 0 Å². The van der Waals surface area contributed by atoms with E-state index in [1.807, 2.05) is 0 Å². The highest BCUT2D eigenvalue weighted by Crippen LogP contribution is 2.53. The van der Waals surface area contributed by atoms with E-state index in [-0.39, 0.29) is 0 Å². The van der Waals surface area contributed by atoms with E-state index in [2.05, 4.69) is 155 Å². The van der Waals surface area contributed by atoms with Crippen LogP contribution in [0.1, 0.15) is 178 Å². The Kier molecular flexibility index (Phi) is 19.4. The lowest BCUT2D eigenvalue weighted by molar-refractivity contribution is 0.623. The van der Waals surface area contributed by atoms with E-state index >= 15 is 0 Å². The van der Waals surface area contributed by atoms with Crippen molar-refractivity contribution < 1.29 is 0 Å².